The maximum Gasteiger partial charge on any atom is 0.328 e. The van der Waals surface area contributed by atoms with Gasteiger partial charge in [0.15, 0.2) is 0 Å². The number of aromatic nitrogens is 2. The first-order valence-corrected chi connectivity index (χ1v) is 8.97. The molecule has 1 amide bonds. The second kappa shape index (κ2) is 5.88. The van der Waals surface area contributed by atoms with Crippen LogP contribution in [0.4, 0.5) is 5.69 Å². The van der Waals surface area contributed by atoms with Crippen molar-refractivity contribution < 1.29 is 4.79 Å². The molecule has 1 fully saturated rings. The molecule has 0 spiro atoms. The van der Waals surface area contributed by atoms with Crippen LogP contribution in [-0.4, -0.2) is 15.0 Å². The molecule has 6 heteroatoms. The summed E-state index contributed by atoms with van der Waals surface area (Å²) in [6.07, 6.45) is 0.875. The number of rotatable bonds is 3. The fourth-order valence-electron chi connectivity index (χ4n) is 3.38. The van der Waals surface area contributed by atoms with E-state index in [9.17, 15) is 9.59 Å². The number of carbonyl (C=O) groups is 1. The Balaban J connectivity index is 1.52. The summed E-state index contributed by atoms with van der Waals surface area (Å²) in [6, 6.07) is 13.7. The molecule has 1 aromatic heterocycles. The average Bonchev–Trinajstić information content (AvgIpc) is 3.37. The van der Waals surface area contributed by atoms with E-state index in [1.807, 2.05) is 30.3 Å². The van der Waals surface area contributed by atoms with Crippen LogP contribution in [0, 0.1) is 5.92 Å². The summed E-state index contributed by atoms with van der Waals surface area (Å²) in [6.45, 7) is 0. The molecule has 2 unspecified atom stereocenters. The van der Waals surface area contributed by atoms with Gasteiger partial charge in [-0.2, -0.15) is 0 Å². The molecule has 2 atom stereocenters. The van der Waals surface area contributed by atoms with Crippen LogP contribution in [0.3, 0.4) is 0 Å². The largest absolute Gasteiger partial charge is 0.328 e. The van der Waals surface area contributed by atoms with Crippen molar-refractivity contribution >= 4 is 38.6 Å². The van der Waals surface area contributed by atoms with Gasteiger partial charge in [-0.25, -0.2) is 4.79 Å². The number of hydrogen-bond donors (Lipinski definition) is 1. The van der Waals surface area contributed by atoms with Gasteiger partial charge in [0.25, 0.3) is 0 Å². The van der Waals surface area contributed by atoms with Crippen LogP contribution in [0.25, 0.3) is 11.0 Å². The van der Waals surface area contributed by atoms with Gasteiger partial charge in [-0.3, -0.25) is 13.9 Å². The molecule has 1 aliphatic rings. The number of benzene rings is 2. The maximum atomic E-state index is 12.5. The molecule has 1 aliphatic carbocycles. The van der Waals surface area contributed by atoms with Crippen molar-refractivity contribution in [2.45, 2.75) is 12.3 Å². The summed E-state index contributed by atoms with van der Waals surface area (Å²) in [5.74, 6) is 0.336. The normalized spacial score (nSPS) is 19.2. The molecule has 0 saturated heterocycles. The third-order valence-electron chi connectivity index (χ3n) is 4.96. The third-order valence-corrected chi connectivity index (χ3v) is 5.49. The van der Waals surface area contributed by atoms with E-state index in [2.05, 4.69) is 33.4 Å². The summed E-state index contributed by atoms with van der Waals surface area (Å²) < 4.78 is 4.23. The van der Waals surface area contributed by atoms with Crippen LogP contribution >= 0.6 is 15.9 Å². The third kappa shape index (κ3) is 2.80. The zero-order chi connectivity index (χ0) is 17.7. The number of nitrogens with zero attached hydrogens (tertiary/aromatic N) is 2. The minimum Gasteiger partial charge on any atom is -0.326 e. The average molecular weight is 400 g/mol. The Hall–Kier alpha value is -2.34. The van der Waals surface area contributed by atoms with Crippen LogP contribution in [0.15, 0.2) is 51.7 Å². The van der Waals surface area contributed by atoms with Gasteiger partial charge in [0, 0.05) is 30.2 Å². The minimum atomic E-state index is -0.0732. The lowest BCUT2D eigenvalue weighted by Crippen LogP contribution is -2.19. The number of halogens is 1. The number of fused-ring (bicyclic) bond motifs is 1. The van der Waals surface area contributed by atoms with E-state index in [0.717, 1.165) is 27.6 Å². The zero-order valence-corrected chi connectivity index (χ0v) is 15.6. The van der Waals surface area contributed by atoms with Crippen LogP contribution in [0.2, 0.25) is 0 Å². The molecule has 1 heterocycles. The van der Waals surface area contributed by atoms with Crippen LogP contribution < -0.4 is 11.0 Å². The van der Waals surface area contributed by atoms with E-state index >= 15 is 0 Å². The lowest BCUT2D eigenvalue weighted by molar-refractivity contribution is -0.117. The Bertz CT molecular complexity index is 1030. The molecule has 0 radical (unpaired) electrons. The van der Waals surface area contributed by atoms with Crippen molar-refractivity contribution in [2.75, 3.05) is 5.32 Å². The molecule has 128 valence electrons. The van der Waals surface area contributed by atoms with Gasteiger partial charge in [0.1, 0.15) is 0 Å². The maximum absolute atomic E-state index is 12.5. The SMILES string of the molecule is Cn1c(=O)n(C)c2cc(NC(=O)C3CC3c3ccc(Br)cc3)ccc21. The van der Waals surface area contributed by atoms with E-state index in [1.165, 1.54) is 5.56 Å². The predicted molar refractivity (Wildman–Crippen MR) is 102 cm³/mol. The molecule has 3 aromatic rings. The fourth-order valence-corrected chi connectivity index (χ4v) is 3.65. The van der Waals surface area contributed by atoms with Gasteiger partial charge in [-0.15, -0.1) is 0 Å². The second-order valence-electron chi connectivity index (χ2n) is 6.59. The lowest BCUT2D eigenvalue weighted by Gasteiger charge is -2.06. The van der Waals surface area contributed by atoms with E-state index in [-0.39, 0.29) is 23.4 Å². The lowest BCUT2D eigenvalue weighted by atomic mass is 10.1. The van der Waals surface area contributed by atoms with Crippen molar-refractivity contribution in [3.05, 3.63) is 63.0 Å². The molecule has 5 nitrogen and oxygen atoms in total. The predicted octanol–water partition coefficient (Wildman–Crippen LogP) is 3.38. The summed E-state index contributed by atoms with van der Waals surface area (Å²) in [7, 11) is 3.48. The standard InChI is InChI=1S/C19H18BrN3O2/c1-22-16-8-7-13(9-17(16)23(2)19(22)25)21-18(24)15-10-14(15)11-3-5-12(20)6-4-11/h3-9,14-15H,10H2,1-2H3,(H,21,24). The number of aryl methyl sites for hydroxylation is 2. The molecule has 2 aromatic carbocycles. The van der Waals surface area contributed by atoms with Gasteiger partial charge >= 0.3 is 5.69 Å². The zero-order valence-electron chi connectivity index (χ0n) is 14.0. The van der Waals surface area contributed by atoms with Crippen molar-refractivity contribution in [3.8, 4) is 0 Å². The molecule has 4 rings (SSSR count). The topological polar surface area (TPSA) is 56.0 Å². The Morgan fingerprint density at radius 3 is 2.48 bits per heavy atom. The quantitative estimate of drug-likeness (QED) is 0.733. The highest BCUT2D eigenvalue weighted by atomic mass is 79.9. The Morgan fingerprint density at radius 1 is 1.08 bits per heavy atom. The van der Waals surface area contributed by atoms with Crippen molar-refractivity contribution in [1.29, 1.82) is 0 Å². The highest BCUT2D eigenvalue weighted by Gasteiger charge is 2.43. The molecule has 0 aliphatic heterocycles. The number of carbonyl (C=O) groups excluding carboxylic acids is 1. The fraction of sp³-hybridized carbons (Fsp3) is 0.263. The Morgan fingerprint density at radius 2 is 1.76 bits per heavy atom. The van der Waals surface area contributed by atoms with E-state index in [4.69, 9.17) is 0 Å². The van der Waals surface area contributed by atoms with Gasteiger partial charge in [0.05, 0.1) is 11.0 Å². The number of amides is 1. The van der Waals surface area contributed by atoms with E-state index in [0.29, 0.717) is 0 Å². The van der Waals surface area contributed by atoms with Gasteiger partial charge in [0.2, 0.25) is 5.91 Å². The minimum absolute atomic E-state index is 0.0106. The van der Waals surface area contributed by atoms with Crippen molar-refractivity contribution in [2.24, 2.45) is 20.0 Å². The molecular weight excluding hydrogens is 382 g/mol. The van der Waals surface area contributed by atoms with Crippen molar-refractivity contribution in [3.63, 3.8) is 0 Å². The summed E-state index contributed by atoms with van der Waals surface area (Å²) >= 11 is 3.43. The van der Waals surface area contributed by atoms with Gasteiger partial charge in [-0.1, -0.05) is 28.1 Å². The van der Waals surface area contributed by atoms with E-state index in [1.54, 1.807) is 23.2 Å². The first-order chi connectivity index (χ1) is 12.0. The highest BCUT2D eigenvalue weighted by Crippen LogP contribution is 2.48. The number of hydrogen-bond acceptors (Lipinski definition) is 2. The second-order valence-corrected chi connectivity index (χ2v) is 7.51. The van der Waals surface area contributed by atoms with E-state index < -0.39 is 0 Å². The van der Waals surface area contributed by atoms with Crippen molar-refractivity contribution in [1.82, 2.24) is 9.13 Å². The molecular formula is C19H18BrN3O2. The van der Waals surface area contributed by atoms with Gasteiger partial charge < -0.3 is 5.32 Å². The summed E-state index contributed by atoms with van der Waals surface area (Å²) in [5, 5.41) is 2.99. The summed E-state index contributed by atoms with van der Waals surface area (Å²) in [4.78, 5) is 24.5. The molecule has 0 bridgehead atoms. The monoisotopic (exact) mass is 399 g/mol. The molecule has 1 saturated carbocycles. The Kier molecular flexibility index (Phi) is 3.80. The molecule has 1 N–H and O–H groups in total. The van der Waals surface area contributed by atoms with Crippen LogP contribution in [-0.2, 0) is 18.9 Å². The number of anilines is 1. The highest BCUT2D eigenvalue weighted by molar-refractivity contribution is 9.10. The number of imidazole rings is 1. The first-order valence-electron chi connectivity index (χ1n) is 8.17. The van der Waals surface area contributed by atoms with Gasteiger partial charge in [-0.05, 0) is 48.2 Å². The van der Waals surface area contributed by atoms with Crippen LogP contribution in [0.5, 0.6) is 0 Å². The Labute approximate surface area is 153 Å². The van der Waals surface area contributed by atoms with Crippen LogP contribution in [0.1, 0.15) is 17.9 Å². The first kappa shape index (κ1) is 16.1. The molecule has 25 heavy (non-hydrogen) atoms. The smallest absolute Gasteiger partial charge is 0.326 e. The number of nitrogens with one attached hydrogen (secondary N) is 1. The summed E-state index contributed by atoms with van der Waals surface area (Å²) in [5.41, 5.74) is 3.51.